The first-order chi connectivity index (χ1) is 15.1. The summed E-state index contributed by atoms with van der Waals surface area (Å²) < 4.78 is 9.05. The number of nitrogens with one attached hydrogen (secondary N) is 1. The Morgan fingerprint density at radius 1 is 1.03 bits per heavy atom. The molecule has 31 heavy (non-hydrogen) atoms. The van der Waals surface area contributed by atoms with E-state index in [1.807, 2.05) is 54.6 Å². The molecule has 0 atom stereocenters. The number of aryl methyl sites for hydroxylation is 1. The van der Waals surface area contributed by atoms with Crippen LogP contribution in [0.3, 0.4) is 0 Å². The lowest BCUT2D eigenvalue weighted by Crippen LogP contribution is -2.28. The van der Waals surface area contributed by atoms with Crippen molar-refractivity contribution in [3.8, 4) is 5.75 Å². The molecule has 0 radical (unpaired) electrons. The van der Waals surface area contributed by atoms with Crippen LogP contribution >= 0.6 is 0 Å². The van der Waals surface area contributed by atoms with E-state index in [1.54, 1.807) is 0 Å². The van der Waals surface area contributed by atoms with Gasteiger partial charge in [-0.25, -0.2) is 4.68 Å². The molecule has 1 amide bonds. The summed E-state index contributed by atoms with van der Waals surface area (Å²) in [5, 5.41) is 8.12. The quantitative estimate of drug-likeness (QED) is 0.472. The number of benzene rings is 2. The van der Waals surface area contributed by atoms with E-state index >= 15 is 0 Å². The van der Waals surface area contributed by atoms with E-state index < -0.39 is 0 Å². The number of carbonyl (C=O) groups is 1. The molecule has 2 aromatic heterocycles. The molecule has 158 valence electrons. The van der Waals surface area contributed by atoms with Gasteiger partial charge in [-0.15, -0.1) is 0 Å². The molecular formula is C24H24N4O3. The highest BCUT2D eigenvalue weighted by Crippen LogP contribution is 2.21. The Balaban J connectivity index is 1.44. The molecule has 4 aromatic rings. The Morgan fingerprint density at radius 3 is 2.68 bits per heavy atom. The van der Waals surface area contributed by atoms with Crippen LogP contribution in [-0.4, -0.2) is 26.9 Å². The Morgan fingerprint density at radius 2 is 1.87 bits per heavy atom. The SMILES string of the molecule is CCCn1ccc2cc(NC(=O)c3ccc(=O)n(CCOc4ccccc4)n3)ccc21. The summed E-state index contributed by atoms with van der Waals surface area (Å²) in [5.41, 5.74) is 1.69. The predicted molar refractivity (Wildman–Crippen MR) is 121 cm³/mol. The van der Waals surface area contributed by atoms with Crippen LogP contribution < -0.4 is 15.6 Å². The number of anilines is 1. The van der Waals surface area contributed by atoms with Gasteiger partial charge in [-0.05, 0) is 48.9 Å². The van der Waals surface area contributed by atoms with Gasteiger partial charge < -0.3 is 14.6 Å². The van der Waals surface area contributed by atoms with Crippen molar-refractivity contribution in [2.75, 3.05) is 11.9 Å². The molecular weight excluding hydrogens is 392 g/mol. The molecule has 7 heteroatoms. The van der Waals surface area contributed by atoms with Crippen molar-refractivity contribution in [2.45, 2.75) is 26.4 Å². The zero-order valence-corrected chi connectivity index (χ0v) is 17.3. The topological polar surface area (TPSA) is 78.2 Å². The van der Waals surface area contributed by atoms with Gasteiger partial charge in [-0.1, -0.05) is 25.1 Å². The van der Waals surface area contributed by atoms with E-state index in [0.29, 0.717) is 11.4 Å². The van der Waals surface area contributed by atoms with Crippen molar-refractivity contribution in [1.82, 2.24) is 14.3 Å². The van der Waals surface area contributed by atoms with E-state index in [1.165, 1.54) is 16.8 Å². The van der Waals surface area contributed by atoms with Crippen LogP contribution in [0.1, 0.15) is 23.8 Å². The van der Waals surface area contributed by atoms with Crippen LogP contribution in [0.5, 0.6) is 5.75 Å². The second-order valence-corrected chi connectivity index (χ2v) is 7.18. The first-order valence-corrected chi connectivity index (χ1v) is 10.3. The second-order valence-electron chi connectivity index (χ2n) is 7.18. The standard InChI is InChI=1S/C24H24N4O3/c1-2-13-27-14-12-18-17-19(8-10-22(18)27)25-24(30)21-9-11-23(29)28(26-21)15-16-31-20-6-4-3-5-7-20/h3-12,14,17H,2,13,15-16H2,1H3,(H,25,30). The molecule has 0 spiro atoms. The summed E-state index contributed by atoms with van der Waals surface area (Å²) in [5.74, 6) is 0.345. The Hall–Kier alpha value is -3.87. The number of amides is 1. The molecule has 0 bridgehead atoms. The van der Waals surface area contributed by atoms with Crippen molar-refractivity contribution < 1.29 is 9.53 Å². The van der Waals surface area contributed by atoms with Gasteiger partial charge in [0.1, 0.15) is 18.1 Å². The number of nitrogens with zero attached hydrogens (tertiary/aromatic N) is 3. The van der Waals surface area contributed by atoms with Gasteiger partial charge >= 0.3 is 0 Å². The lowest BCUT2D eigenvalue weighted by molar-refractivity contribution is 0.101. The first-order valence-electron chi connectivity index (χ1n) is 10.3. The van der Waals surface area contributed by atoms with E-state index in [9.17, 15) is 9.59 Å². The van der Waals surface area contributed by atoms with Gasteiger partial charge in [0.2, 0.25) is 0 Å². The fourth-order valence-electron chi connectivity index (χ4n) is 3.41. The highest BCUT2D eigenvalue weighted by Gasteiger charge is 2.11. The van der Waals surface area contributed by atoms with Crippen LogP contribution in [-0.2, 0) is 13.1 Å². The van der Waals surface area contributed by atoms with E-state index in [4.69, 9.17) is 4.74 Å². The number of hydrogen-bond acceptors (Lipinski definition) is 4. The number of rotatable bonds is 8. The lowest BCUT2D eigenvalue weighted by atomic mass is 10.2. The molecule has 0 saturated carbocycles. The van der Waals surface area contributed by atoms with Crippen molar-refractivity contribution in [2.24, 2.45) is 0 Å². The maximum atomic E-state index is 12.7. The zero-order valence-electron chi connectivity index (χ0n) is 17.3. The van der Waals surface area contributed by atoms with Crippen molar-refractivity contribution in [1.29, 1.82) is 0 Å². The van der Waals surface area contributed by atoms with Crippen molar-refractivity contribution in [3.63, 3.8) is 0 Å². The zero-order chi connectivity index (χ0) is 21.6. The summed E-state index contributed by atoms with van der Waals surface area (Å²) in [6.07, 6.45) is 3.11. The van der Waals surface area contributed by atoms with Gasteiger partial charge in [0.05, 0.1) is 6.54 Å². The van der Waals surface area contributed by atoms with Crippen molar-refractivity contribution >= 4 is 22.5 Å². The fourth-order valence-corrected chi connectivity index (χ4v) is 3.41. The second kappa shape index (κ2) is 9.30. The Labute approximate surface area is 179 Å². The molecule has 0 aliphatic carbocycles. The monoisotopic (exact) mass is 416 g/mol. The number of carbonyl (C=O) groups excluding carboxylic acids is 1. The average Bonchev–Trinajstić information content (AvgIpc) is 3.18. The summed E-state index contributed by atoms with van der Waals surface area (Å²) >= 11 is 0. The lowest BCUT2D eigenvalue weighted by Gasteiger charge is -2.10. The van der Waals surface area contributed by atoms with Gasteiger partial charge in [0.25, 0.3) is 11.5 Å². The molecule has 4 rings (SSSR count). The average molecular weight is 416 g/mol. The molecule has 0 unspecified atom stereocenters. The molecule has 0 aliphatic heterocycles. The highest BCUT2D eigenvalue weighted by molar-refractivity contribution is 6.03. The summed E-state index contributed by atoms with van der Waals surface area (Å²) in [4.78, 5) is 24.8. The number of aromatic nitrogens is 3. The van der Waals surface area contributed by atoms with Crippen LogP contribution in [0, 0.1) is 0 Å². The number of hydrogen-bond donors (Lipinski definition) is 1. The Kier molecular flexibility index (Phi) is 6.12. The van der Waals surface area contributed by atoms with Crippen molar-refractivity contribution in [3.05, 3.63) is 89.0 Å². The Bertz CT molecular complexity index is 1240. The maximum Gasteiger partial charge on any atom is 0.276 e. The van der Waals surface area contributed by atoms with Gasteiger partial charge in [0, 0.05) is 35.4 Å². The van der Waals surface area contributed by atoms with Gasteiger partial charge in [-0.3, -0.25) is 9.59 Å². The van der Waals surface area contributed by atoms with Crippen LogP contribution in [0.4, 0.5) is 5.69 Å². The minimum Gasteiger partial charge on any atom is -0.492 e. The summed E-state index contributed by atoms with van der Waals surface area (Å²) in [7, 11) is 0. The van der Waals surface area contributed by atoms with E-state index in [0.717, 1.165) is 23.9 Å². The van der Waals surface area contributed by atoms with Gasteiger partial charge in [0.15, 0.2) is 0 Å². The van der Waals surface area contributed by atoms with Crippen LogP contribution in [0.15, 0.2) is 77.7 Å². The smallest absolute Gasteiger partial charge is 0.276 e. The minimum atomic E-state index is -0.370. The third-order valence-electron chi connectivity index (χ3n) is 4.91. The van der Waals surface area contributed by atoms with Crippen LogP contribution in [0.2, 0.25) is 0 Å². The highest BCUT2D eigenvalue weighted by atomic mass is 16.5. The summed E-state index contributed by atoms with van der Waals surface area (Å²) in [6, 6.07) is 19.9. The maximum absolute atomic E-state index is 12.7. The van der Waals surface area contributed by atoms with Gasteiger partial charge in [-0.2, -0.15) is 5.10 Å². The summed E-state index contributed by atoms with van der Waals surface area (Å²) in [6.45, 7) is 3.61. The molecule has 0 fully saturated rings. The largest absolute Gasteiger partial charge is 0.492 e. The minimum absolute atomic E-state index is 0.169. The molecule has 7 nitrogen and oxygen atoms in total. The fraction of sp³-hybridized carbons (Fsp3) is 0.208. The third-order valence-corrected chi connectivity index (χ3v) is 4.91. The number of ether oxygens (including phenoxy) is 1. The molecule has 1 N–H and O–H groups in total. The number of para-hydroxylation sites is 1. The molecule has 0 saturated heterocycles. The molecule has 2 aromatic carbocycles. The van der Waals surface area contributed by atoms with E-state index in [2.05, 4.69) is 28.1 Å². The normalized spacial score (nSPS) is 10.9. The number of fused-ring (bicyclic) bond motifs is 1. The molecule has 0 aliphatic rings. The predicted octanol–water partition coefficient (Wildman–Crippen LogP) is 3.94. The molecule has 2 heterocycles. The third kappa shape index (κ3) is 4.83. The first kappa shape index (κ1) is 20.4. The van der Waals surface area contributed by atoms with E-state index in [-0.39, 0.29) is 30.3 Å². The van der Waals surface area contributed by atoms with Crippen LogP contribution in [0.25, 0.3) is 10.9 Å².